The first-order valence-electron chi connectivity index (χ1n) is 5.45. The minimum absolute atomic E-state index is 0.0366. The van der Waals surface area contributed by atoms with Crippen LogP contribution in [0.4, 0.5) is 5.82 Å². The third-order valence-electron chi connectivity index (χ3n) is 3.07. The van der Waals surface area contributed by atoms with Crippen molar-refractivity contribution in [3.8, 4) is 0 Å². The van der Waals surface area contributed by atoms with Crippen molar-refractivity contribution in [2.75, 3.05) is 5.73 Å². The second-order valence-electron chi connectivity index (χ2n) is 4.66. The fraction of sp³-hybridized carbons (Fsp3) is 0.333. The first-order chi connectivity index (χ1) is 7.65. The van der Waals surface area contributed by atoms with E-state index >= 15 is 0 Å². The van der Waals surface area contributed by atoms with Gasteiger partial charge in [-0.1, -0.05) is 6.07 Å². The zero-order valence-corrected chi connectivity index (χ0v) is 8.98. The van der Waals surface area contributed by atoms with Crippen molar-refractivity contribution in [1.82, 2.24) is 9.97 Å². The SMILES string of the molecule is Nc1cnc2cc(CC3(N)CC3)ccc2n1. The molecule has 0 bridgehead atoms. The van der Waals surface area contributed by atoms with E-state index < -0.39 is 0 Å². The number of fused-ring (bicyclic) bond motifs is 1. The van der Waals surface area contributed by atoms with Gasteiger partial charge in [0.25, 0.3) is 0 Å². The highest BCUT2D eigenvalue weighted by Gasteiger charge is 2.37. The number of nitrogen functional groups attached to an aromatic ring is 1. The Morgan fingerprint density at radius 2 is 2.06 bits per heavy atom. The summed E-state index contributed by atoms with van der Waals surface area (Å²) in [5.41, 5.74) is 14.7. The summed E-state index contributed by atoms with van der Waals surface area (Å²) in [7, 11) is 0. The van der Waals surface area contributed by atoms with E-state index in [1.807, 2.05) is 6.07 Å². The molecule has 4 nitrogen and oxygen atoms in total. The second-order valence-corrected chi connectivity index (χ2v) is 4.66. The summed E-state index contributed by atoms with van der Waals surface area (Å²) in [6.07, 6.45) is 4.76. The van der Waals surface area contributed by atoms with E-state index in [9.17, 15) is 0 Å². The van der Waals surface area contributed by atoms with Crippen LogP contribution >= 0.6 is 0 Å². The Morgan fingerprint density at radius 3 is 2.81 bits per heavy atom. The van der Waals surface area contributed by atoms with Crippen molar-refractivity contribution in [3.63, 3.8) is 0 Å². The highest BCUT2D eigenvalue weighted by molar-refractivity contribution is 5.76. The van der Waals surface area contributed by atoms with Gasteiger partial charge in [-0.3, -0.25) is 4.98 Å². The standard InChI is InChI=1S/C12H14N4/c13-11-7-15-10-5-8(1-2-9(10)16-11)6-12(14)3-4-12/h1-2,5,7H,3-4,6,14H2,(H2,13,16). The summed E-state index contributed by atoms with van der Waals surface area (Å²) in [5.74, 6) is 0.456. The number of anilines is 1. The Balaban J connectivity index is 1.99. The molecule has 1 aromatic carbocycles. The van der Waals surface area contributed by atoms with Crippen LogP contribution in [0, 0.1) is 0 Å². The number of hydrogen-bond donors (Lipinski definition) is 2. The quantitative estimate of drug-likeness (QED) is 0.788. The second kappa shape index (κ2) is 3.15. The predicted octanol–water partition coefficient (Wildman–Crippen LogP) is 1.25. The largest absolute Gasteiger partial charge is 0.382 e. The molecule has 0 radical (unpaired) electrons. The average molecular weight is 214 g/mol. The minimum Gasteiger partial charge on any atom is -0.382 e. The first kappa shape index (κ1) is 9.54. The average Bonchev–Trinajstić information content (AvgIpc) is 2.96. The number of benzene rings is 1. The summed E-state index contributed by atoms with van der Waals surface area (Å²) >= 11 is 0. The molecule has 4 N–H and O–H groups in total. The zero-order valence-electron chi connectivity index (χ0n) is 8.98. The molecule has 0 unspecified atom stereocenters. The number of nitrogens with two attached hydrogens (primary N) is 2. The third kappa shape index (κ3) is 1.72. The van der Waals surface area contributed by atoms with Gasteiger partial charge < -0.3 is 11.5 Å². The van der Waals surface area contributed by atoms with Crippen molar-refractivity contribution in [2.45, 2.75) is 24.8 Å². The maximum Gasteiger partial charge on any atom is 0.142 e. The van der Waals surface area contributed by atoms with E-state index in [0.29, 0.717) is 5.82 Å². The van der Waals surface area contributed by atoms with Gasteiger partial charge in [-0.15, -0.1) is 0 Å². The van der Waals surface area contributed by atoms with E-state index in [0.717, 1.165) is 30.3 Å². The summed E-state index contributed by atoms with van der Waals surface area (Å²) in [5, 5.41) is 0. The molecule has 1 aliphatic carbocycles. The maximum atomic E-state index is 6.09. The minimum atomic E-state index is 0.0366. The Labute approximate surface area is 93.7 Å². The van der Waals surface area contributed by atoms with E-state index in [1.54, 1.807) is 6.20 Å². The van der Waals surface area contributed by atoms with Crippen molar-refractivity contribution >= 4 is 16.9 Å². The topological polar surface area (TPSA) is 77.8 Å². The van der Waals surface area contributed by atoms with Crippen LogP contribution in [0.25, 0.3) is 11.0 Å². The molecule has 82 valence electrons. The Morgan fingerprint density at radius 1 is 1.25 bits per heavy atom. The highest BCUT2D eigenvalue weighted by Crippen LogP contribution is 2.35. The van der Waals surface area contributed by atoms with Crippen LogP contribution in [-0.2, 0) is 6.42 Å². The molecule has 1 saturated carbocycles. The summed E-state index contributed by atoms with van der Waals surface area (Å²) in [4.78, 5) is 8.48. The molecular formula is C12H14N4. The number of nitrogens with zero attached hydrogens (tertiary/aromatic N) is 2. The Hall–Kier alpha value is -1.68. The molecule has 0 aliphatic heterocycles. The highest BCUT2D eigenvalue weighted by atomic mass is 14.9. The molecule has 0 spiro atoms. The Bertz CT molecular complexity index is 546. The van der Waals surface area contributed by atoms with Gasteiger partial charge in [-0.05, 0) is 37.0 Å². The van der Waals surface area contributed by atoms with Crippen molar-refractivity contribution in [1.29, 1.82) is 0 Å². The molecule has 3 rings (SSSR count). The smallest absolute Gasteiger partial charge is 0.142 e. The molecule has 0 atom stereocenters. The van der Waals surface area contributed by atoms with Crippen LogP contribution in [0.15, 0.2) is 24.4 Å². The van der Waals surface area contributed by atoms with Gasteiger partial charge in [-0.25, -0.2) is 4.98 Å². The number of hydrogen-bond acceptors (Lipinski definition) is 4. The van der Waals surface area contributed by atoms with E-state index in [2.05, 4.69) is 22.1 Å². The molecule has 0 saturated heterocycles. The molecule has 2 aromatic rings. The zero-order chi connectivity index (χ0) is 11.2. The van der Waals surface area contributed by atoms with Gasteiger partial charge in [0, 0.05) is 5.54 Å². The molecule has 1 fully saturated rings. The van der Waals surface area contributed by atoms with Gasteiger partial charge in [0.1, 0.15) is 5.82 Å². The lowest BCUT2D eigenvalue weighted by Crippen LogP contribution is -2.24. The predicted molar refractivity (Wildman–Crippen MR) is 63.8 cm³/mol. The molecular weight excluding hydrogens is 200 g/mol. The van der Waals surface area contributed by atoms with Gasteiger partial charge in [0.05, 0.1) is 17.2 Å². The Kier molecular flexibility index (Phi) is 1.88. The van der Waals surface area contributed by atoms with Gasteiger partial charge in [-0.2, -0.15) is 0 Å². The van der Waals surface area contributed by atoms with Crippen molar-refractivity contribution in [3.05, 3.63) is 30.0 Å². The van der Waals surface area contributed by atoms with Gasteiger partial charge in [0.15, 0.2) is 0 Å². The van der Waals surface area contributed by atoms with Crippen molar-refractivity contribution < 1.29 is 0 Å². The van der Waals surface area contributed by atoms with Crippen molar-refractivity contribution in [2.24, 2.45) is 5.73 Å². The monoisotopic (exact) mass is 214 g/mol. The maximum absolute atomic E-state index is 6.09. The molecule has 4 heteroatoms. The molecule has 16 heavy (non-hydrogen) atoms. The van der Waals surface area contributed by atoms with Crippen LogP contribution < -0.4 is 11.5 Å². The molecule has 1 aliphatic rings. The van der Waals surface area contributed by atoms with Crippen LogP contribution in [0.2, 0.25) is 0 Å². The molecule has 1 aromatic heterocycles. The lowest BCUT2D eigenvalue weighted by atomic mass is 10.0. The molecule has 0 amide bonds. The lowest BCUT2D eigenvalue weighted by Gasteiger charge is -2.08. The fourth-order valence-corrected chi connectivity index (χ4v) is 1.92. The lowest BCUT2D eigenvalue weighted by molar-refractivity contribution is 0.672. The van der Waals surface area contributed by atoms with Crippen LogP contribution in [0.5, 0.6) is 0 Å². The third-order valence-corrected chi connectivity index (χ3v) is 3.07. The van der Waals surface area contributed by atoms with Gasteiger partial charge >= 0.3 is 0 Å². The van der Waals surface area contributed by atoms with Gasteiger partial charge in [0.2, 0.25) is 0 Å². The number of aromatic nitrogens is 2. The fourth-order valence-electron chi connectivity index (χ4n) is 1.92. The van der Waals surface area contributed by atoms with E-state index in [1.165, 1.54) is 5.56 Å². The normalized spacial score (nSPS) is 17.6. The summed E-state index contributed by atoms with van der Waals surface area (Å²) < 4.78 is 0. The van der Waals surface area contributed by atoms with E-state index in [-0.39, 0.29) is 5.54 Å². The summed E-state index contributed by atoms with van der Waals surface area (Å²) in [6, 6.07) is 6.07. The van der Waals surface area contributed by atoms with Crippen LogP contribution in [-0.4, -0.2) is 15.5 Å². The number of rotatable bonds is 2. The molecule has 1 heterocycles. The van der Waals surface area contributed by atoms with E-state index in [4.69, 9.17) is 11.5 Å². The first-order valence-corrected chi connectivity index (χ1v) is 5.45. The van der Waals surface area contributed by atoms with Crippen LogP contribution in [0.1, 0.15) is 18.4 Å². The van der Waals surface area contributed by atoms with Crippen LogP contribution in [0.3, 0.4) is 0 Å². The summed E-state index contributed by atoms with van der Waals surface area (Å²) in [6.45, 7) is 0.